The third kappa shape index (κ3) is 11.5. The highest BCUT2D eigenvalue weighted by Crippen LogP contribution is 2.41. The van der Waals surface area contributed by atoms with Gasteiger partial charge in [-0.3, -0.25) is 0 Å². The van der Waals surface area contributed by atoms with E-state index >= 15 is 0 Å². The summed E-state index contributed by atoms with van der Waals surface area (Å²) >= 11 is 0. The summed E-state index contributed by atoms with van der Waals surface area (Å²) in [4.78, 5) is 0. The Morgan fingerprint density at radius 1 is 0.683 bits per heavy atom. The number of hydrogen-bond acceptors (Lipinski definition) is 1. The second kappa shape index (κ2) is 16.1. The largest absolute Gasteiger partial charge is 0.393 e. The first kappa shape index (κ1) is 33.8. The Balaban J connectivity index is 1.91. The number of allylic oxidation sites excluding steroid dienone is 18. The van der Waals surface area contributed by atoms with Crippen LogP contribution in [0.4, 0.5) is 0 Å². The smallest absolute Gasteiger partial charge is 0.0585 e. The highest BCUT2D eigenvalue weighted by Gasteiger charge is 2.31. The van der Waals surface area contributed by atoms with E-state index in [4.69, 9.17) is 0 Å². The minimum absolute atomic E-state index is 0.00990. The van der Waals surface area contributed by atoms with Gasteiger partial charge in [0.25, 0.3) is 0 Å². The fourth-order valence-corrected chi connectivity index (χ4v) is 5.18. The van der Waals surface area contributed by atoms with Gasteiger partial charge in [0, 0.05) is 0 Å². The first-order valence-corrected chi connectivity index (χ1v) is 14.8. The first-order chi connectivity index (χ1) is 19.3. The van der Waals surface area contributed by atoms with E-state index in [9.17, 15) is 5.11 Å². The molecule has 0 fully saturated rings. The van der Waals surface area contributed by atoms with Crippen molar-refractivity contribution >= 4 is 6.08 Å². The van der Waals surface area contributed by atoms with Gasteiger partial charge in [-0.15, -0.1) is 0 Å². The molecule has 0 aliphatic heterocycles. The van der Waals surface area contributed by atoms with E-state index in [1.54, 1.807) is 0 Å². The van der Waals surface area contributed by atoms with Crippen molar-refractivity contribution in [2.75, 3.05) is 0 Å². The fraction of sp³-hybridized carbons (Fsp3) is 0.350. The van der Waals surface area contributed by atoms with Crippen molar-refractivity contribution in [2.24, 2.45) is 5.41 Å². The molecular weight excluding hydrogens is 496 g/mol. The average Bonchev–Trinajstić information content (AvgIpc) is 2.87. The molecule has 1 aromatic rings. The van der Waals surface area contributed by atoms with Gasteiger partial charge >= 0.3 is 0 Å². The highest BCUT2D eigenvalue weighted by molar-refractivity contribution is 5.61. The molecule has 218 valence electrons. The number of benzene rings is 1. The Hall–Kier alpha value is -3.42. The van der Waals surface area contributed by atoms with Gasteiger partial charge in [0.1, 0.15) is 0 Å². The molecule has 0 unspecified atom stereocenters. The number of aliphatic hydroxyl groups excluding tert-OH is 1. The summed E-state index contributed by atoms with van der Waals surface area (Å²) in [6, 6.07) is 4.38. The van der Waals surface area contributed by atoms with Crippen molar-refractivity contribution in [1.82, 2.24) is 0 Å². The Bertz CT molecular complexity index is 1370. The molecule has 1 aromatic carbocycles. The summed E-state index contributed by atoms with van der Waals surface area (Å²) in [6.45, 7) is 21.6. The van der Waals surface area contributed by atoms with Gasteiger partial charge in [-0.2, -0.15) is 0 Å². The lowest BCUT2D eigenvalue weighted by atomic mass is 9.71. The Kier molecular flexibility index (Phi) is 13.3. The maximum Gasteiger partial charge on any atom is 0.0585 e. The van der Waals surface area contributed by atoms with E-state index < -0.39 is 0 Å². The van der Waals surface area contributed by atoms with Gasteiger partial charge in [-0.05, 0) is 101 Å². The van der Waals surface area contributed by atoms with Crippen LogP contribution >= 0.6 is 0 Å². The van der Waals surface area contributed by atoms with E-state index in [2.05, 4.69) is 166 Å². The van der Waals surface area contributed by atoms with E-state index in [0.717, 1.165) is 12.8 Å². The van der Waals surface area contributed by atoms with Crippen molar-refractivity contribution in [3.63, 3.8) is 0 Å². The third-order valence-electron chi connectivity index (χ3n) is 7.77. The van der Waals surface area contributed by atoms with E-state index in [1.165, 1.54) is 55.7 Å². The molecule has 0 bridgehead atoms. The molecule has 1 aliphatic carbocycles. The number of hydrogen-bond donors (Lipinski definition) is 1. The van der Waals surface area contributed by atoms with Gasteiger partial charge in [0.05, 0.1) is 6.10 Å². The predicted octanol–water partition coefficient (Wildman–Crippen LogP) is 11.1. The van der Waals surface area contributed by atoms with Crippen LogP contribution < -0.4 is 0 Å². The molecule has 1 nitrogen and oxygen atoms in total. The number of aliphatic hydroxyl groups is 1. The van der Waals surface area contributed by atoms with Gasteiger partial charge in [-0.1, -0.05) is 139 Å². The standard InChI is InChI=1S/C40H52O/c1-29(17-13-19-31(3)21-25-38-34(6)24-23-33(5)36(38)8)15-11-12-16-30(2)18-14-20-32(4)22-26-39-35(7)27-37(41)28-40(39,9)10/h11-26,37,41H,27-28H2,1-10H3/t37-/m0/s1. The van der Waals surface area contributed by atoms with Crippen molar-refractivity contribution in [2.45, 2.75) is 88.2 Å². The van der Waals surface area contributed by atoms with Gasteiger partial charge in [0.2, 0.25) is 0 Å². The molecule has 0 heterocycles. The summed E-state index contributed by atoms with van der Waals surface area (Å²) < 4.78 is 0. The molecule has 0 aromatic heterocycles. The number of aryl methyl sites for hydroxylation is 2. The Morgan fingerprint density at radius 3 is 1.68 bits per heavy atom. The van der Waals surface area contributed by atoms with Crippen LogP contribution in [0.15, 0.2) is 125 Å². The normalized spacial score (nSPS) is 19.8. The summed E-state index contributed by atoms with van der Waals surface area (Å²) in [5, 5.41) is 10.1. The second-order valence-electron chi connectivity index (χ2n) is 12.3. The Labute approximate surface area is 251 Å². The molecule has 0 spiro atoms. The summed E-state index contributed by atoms with van der Waals surface area (Å²) in [5.74, 6) is 0. The maximum absolute atomic E-state index is 10.1. The topological polar surface area (TPSA) is 20.2 Å². The van der Waals surface area contributed by atoms with Crippen molar-refractivity contribution in [3.05, 3.63) is 147 Å². The van der Waals surface area contributed by atoms with Crippen molar-refractivity contribution < 1.29 is 5.11 Å². The maximum atomic E-state index is 10.1. The van der Waals surface area contributed by atoms with Gasteiger partial charge < -0.3 is 5.11 Å². The summed E-state index contributed by atoms with van der Waals surface area (Å²) in [7, 11) is 0. The average molecular weight is 549 g/mol. The quantitative estimate of drug-likeness (QED) is 0.288. The molecule has 1 N–H and O–H groups in total. The molecule has 2 rings (SSSR count). The zero-order chi connectivity index (χ0) is 30.6. The lowest BCUT2D eigenvalue weighted by Crippen LogP contribution is -2.28. The molecular formula is C40H52O. The predicted molar refractivity (Wildman–Crippen MR) is 183 cm³/mol. The van der Waals surface area contributed by atoms with Crippen LogP contribution in [-0.4, -0.2) is 11.2 Å². The highest BCUT2D eigenvalue weighted by atomic mass is 16.3. The number of rotatable bonds is 10. The lowest BCUT2D eigenvalue weighted by Gasteiger charge is -2.35. The van der Waals surface area contributed by atoms with Crippen LogP contribution in [0.1, 0.15) is 83.6 Å². The molecule has 1 heteroatoms. The zero-order valence-corrected chi connectivity index (χ0v) is 27.2. The second-order valence-corrected chi connectivity index (χ2v) is 12.3. The van der Waals surface area contributed by atoms with E-state index in [0.29, 0.717) is 0 Å². The fourth-order valence-electron chi connectivity index (χ4n) is 5.18. The minimum Gasteiger partial charge on any atom is -0.393 e. The third-order valence-corrected chi connectivity index (χ3v) is 7.77. The molecule has 0 radical (unpaired) electrons. The molecule has 1 aliphatic rings. The van der Waals surface area contributed by atoms with Crippen LogP contribution in [0.3, 0.4) is 0 Å². The van der Waals surface area contributed by atoms with E-state index in [-0.39, 0.29) is 11.5 Å². The van der Waals surface area contributed by atoms with E-state index in [1.807, 2.05) is 0 Å². The van der Waals surface area contributed by atoms with Crippen molar-refractivity contribution in [3.8, 4) is 0 Å². The molecule has 0 amide bonds. The van der Waals surface area contributed by atoms with Crippen LogP contribution in [0.5, 0.6) is 0 Å². The lowest BCUT2D eigenvalue weighted by molar-refractivity contribution is 0.116. The van der Waals surface area contributed by atoms with Crippen molar-refractivity contribution in [1.29, 1.82) is 0 Å². The molecule has 0 saturated heterocycles. The van der Waals surface area contributed by atoms with Gasteiger partial charge in [-0.25, -0.2) is 0 Å². The zero-order valence-electron chi connectivity index (χ0n) is 27.2. The molecule has 0 saturated carbocycles. The summed E-state index contributed by atoms with van der Waals surface area (Å²) in [5.41, 5.74) is 12.8. The minimum atomic E-state index is -0.223. The SMILES string of the molecule is CC(C=CC=C(C)C=CC1=C(C)C[C@H](O)CC1(C)C)=CC=CC=C(C)C=CC=C(C)C=Cc1c(C)ccc(C)c1C. The van der Waals surface area contributed by atoms with Crippen LogP contribution in [0, 0.1) is 26.2 Å². The molecule has 41 heavy (non-hydrogen) atoms. The van der Waals surface area contributed by atoms with Gasteiger partial charge in [0.15, 0.2) is 0 Å². The summed E-state index contributed by atoms with van der Waals surface area (Å²) in [6.07, 6.45) is 31.4. The Morgan fingerprint density at radius 2 is 1.15 bits per heavy atom. The molecule has 1 atom stereocenters. The van der Waals surface area contributed by atoms with Crippen LogP contribution in [-0.2, 0) is 0 Å². The monoisotopic (exact) mass is 548 g/mol. The van der Waals surface area contributed by atoms with Crippen LogP contribution in [0.2, 0.25) is 0 Å². The van der Waals surface area contributed by atoms with Crippen LogP contribution in [0.25, 0.3) is 6.08 Å². The first-order valence-electron chi connectivity index (χ1n) is 14.8.